The summed E-state index contributed by atoms with van der Waals surface area (Å²) in [5.74, 6) is -1.94. The monoisotopic (exact) mass is 464 g/mol. The Morgan fingerprint density at radius 2 is 1.62 bits per heavy atom. The first kappa shape index (κ1) is 23.8. The van der Waals surface area contributed by atoms with Crippen molar-refractivity contribution in [3.05, 3.63) is 59.7 Å². The molecule has 1 unspecified atom stereocenters. The highest BCUT2D eigenvalue weighted by Gasteiger charge is 2.49. The Morgan fingerprint density at radius 3 is 2.12 bits per heavy atom. The number of carbonyl (C=O) groups is 3. The smallest absolute Gasteiger partial charge is 0.407 e. The van der Waals surface area contributed by atoms with Crippen molar-refractivity contribution in [2.24, 2.45) is 11.8 Å². The van der Waals surface area contributed by atoms with Gasteiger partial charge in [-0.25, -0.2) is 9.59 Å². The number of amides is 2. The molecule has 0 heterocycles. The molecule has 34 heavy (non-hydrogen) atoms. The van der Waals surface area contributed by atoms with E-state index in [1.165, 1.54) is 6.92 Å². The van der Waals surface area contributed by atoms with E-state index in [0.717, 1.165) is 35.1 Å². The predicted octanol–water partition coefficient (Wildman–Crippen LogP) is 4.31. The topological polar surface area (TPSA) is 105 Å². The quantitative estimate of drug-likeness (QED) is 0.513. The van der Waals surface area contributed by atoms with Gasteiger partial charge in [-0.2, -0.15) is 0 Å². The van der Waals surface area contributed by atoms with Gasteiger partial charge in [0.05, 0.1) is 0 Å². The van der Waals surface area contributed by atoms with Crippen LogP contribution in [0, 0.1) is 11.8 Å². The van der Waals surface area contributed by atoms with Crippen molar-refractivity contribution >= 4 is 18.0 Å². The molecule has 0 spiro atoms. The van der Waals surface area contributed by atoms with Crippen molar-refractivity contribution in [2.45, 2.75) is 57.5 Å². The van der Waals surface area contributed by atoms with Crippen LogP contribution in [0.4, 0.5) is 4.79 Å². The van der Waals surface area contributed by atoms with Crippen molar-refractivity contribution < 1.29 is 24.2 Å². The molecule has 2 aromatic carbocycles. The van der Waals surface area contributed by atoms with E-state index in [1.807, 2.05) is 50.2 Å². The van der Waals surface area contributed by atoms with Crippen LogP contribution in [0.3, 0.4) is 0 Å². The van der Waals surface area contributed by atoms with Gasteiger partial charge in [0.2, 0.25) is 5.91 Å². The summed E-state index contributed by atoms with van der Waals surface area (Å²) in [7, 11) is 0. The van der Waals surface area contributed by atoms with E-state index >= 15 is 0 Å². The third kappa shape index (κ3) is 4.52. The molecule has 1 saturated carbocycles. The molecule has 0 saturated heterocycles. The molecule has 7 heteroatoms. The van der Waals surface area contributed by atoms with Gasteiger partial charge >= 0.3 is 12.1 Å². The van der Waals surface area contributed by atoms with Crippen molar-refractivity contribution in [3.8, 4) is 11.1 Å². The minimum Gasteiger partial charge on any atom is -0.480 e. The number of fused-ring (bicyclic) bond motifs is 3. The molecule has 1 fully saturated rings. The molecule has 3 N–H and O–H groups in total. The second-order valence-electron chi connectivity index (χ2n) is 9.60. The first-order valence-corrected chi connectivity index (χ1v) is 11.9. The van der Waals surface area contributed by atoms with Gasteiger partial charge in [-0.3, -0.25) is 4.79 Å². The highest BCUT2D eigenvalue weighted by molar-refractivity contribution is 5.91. The van der Waals surface area contributed by atoms with Gasteiger partial charge in [-0.15, -0.1) is 0 Å². The van der Waals surface area contributed by atoms with E-state index in [2.05, 4.69) is 22.8 Å². The van der Waals surface area contributed by atoms with Gasteiger partial charge in [-0.05, 0) is 53.9 Å². The molecular weight excluding hydrogens is 432 g/mol. The van der Waals surface area contributed by atoms with Crippen LogP contribution in [0.2, 0.25) is 0 Å². The van der Waals surface area contributed by atoms with Crippen molar-refractivity contribution in [1.82, 2.24) is 10.6 Å². The highest BCUT2D eigenvalue weighted by Crippen LogP contribution is 2.44. The zero-order chi connectivity index (χ0) is 24.5. The summed E-state index contributed by atoms with van der Waals surface area (Å²) in [6, 6.07) is 15.3. The Morgan fingerprint density at radius 1 is 1.06 bits per heavy atom. The van der Waals surface area contributed by atoms with Crippen LogP contribution >= 0.6 is 0 Å². The van der Waals surface area contributed by atoms with E-state index in [-0.39, 0.29) is 24.4 Å². The Labute approximate surface area is 199 Å². The predicted molar refractivity (Wildman–Crippen MR) is 128 cm³/mol. The van der Waals surface area contributed by atoms with Crippen molar-refractivity contribution in [3.63, 3.8) is 0 Å². The number of carbonyl (C=O) groups excluding carboxylic acids is 2. The molecule has 0 aromatic heterocycles. The van der Waals surface area contributed by atoms with Gasteiger partial charge in [0, 0.05) is 5.92 Å². The largest absolute Gasteiger partial charge is 0.480 e. The summed E-state index contributed by atoms with van der Waals surface area (Å²) in [5, 5.41) is 15.1. The molecule has 2 aliphatic carbocycles. The fraction of sp³-hybridized carbons (Fsp3) is 0.444. The SMILES string of the molecule is CC[C@H](C)[C@H](NC(=O)OCC1c2ccccc2-c2ccccc21)C(=O)NC(C)(C(=O)O)C1CC1. The van der Waals surface area contributed by atoms with Crippen LogP contribution in [0.5, 0.6) is 0 Å². The zero-order valence-corrected chi connectivity index (χ0v) is 19.8. The van der Waals surface area contributed by atoms with Crippen LogP contribution in [0.1, 0.15) is 57.1 Å². The van der Waals surface area contributed by atoms with Crippen molar-refractivity contribution in [2.75, 3.05) is 6.61 Å². The summed E-state index contributed by atoms with van der Waals surface area (Å²) in [5.41, 5.74) is 3.14. The van der Waals surface area contributed by atoms with Crippen LogP contribution < -0.4 is 10.6 Å². The number of aliphatic carboxylic acids is 1. The molecule has 180 valence electrons. The van der Waals surface area contributed by atoms with Crippen molar-refractivity contribution in [1.29, 1.82) is 0 Å². The Balaban J connectivity index is 1.44. The number of nitrogens with one attached hydrogen (secondary N) is 2. The standard InChI is InChI=1S/C27H32N2O5/c1-4-16(2)23(24(30)29-27(3,25(31)32)17-13-14-17)28-26(33)34-15-22-20-11-7-5-9-18(20)19-10-6-8-12-21(19)22/h5-12,16-17,22-23H,4,13-15H2,1-3H3,(H,28,33)(H,29,30)(H,31,32)/t16-,23-,27?/m0/s1. The fourth-order valence-electron chi connectivity index (χ4n) is 4.79. The molecule has 0 aliphatic heterocycles. The molecule has 2 amide bonds. The normalized spacial score (nSPS) is 18.1. The lowest BCUT2D eigenvalue weighted by molar-refractivity contribution is -0.148. The number of rotatable bonds is 9. The minimum atomic E-state index is -1.34. The number of benzene rings is 2. The van der Waals surface area contributed by atoms with Gasteiger partial charge < -0.3 is 20.5 Å². The summed E-state index contributed by atoms with van der Waals surface area (Å²) < 4.78 is 5.61. The molecule has 3 atom stereocenters. The van der Waals surface area contributed by atoms with E-state index in [0.29, 0.717) is 6.42 Å². The van der Waals surface area contributed by atoms with Gasteiger partial charge in [0.15, 0.2) is 0 Å². The highest BCUT2D eigenvalue weighted by atomic mass is 16.5. The average Bonchev–Trinajstić information content (AvgIpc) is 3.64. The van der Waals surface area contributed by atoms with Crippen LogP contribution in [-0.2, 0) is 14.3 Å². The summed E-state index contributed by atoms with van der Waals surface area (Å²) in [4.78, 5) is 37.7. The molecule has 0 bridgehead atoms. The number of ether oxygens (including phenoxy) is 1. The summed E-state index contributed by atoms with van der Waals surface area (Å²) in [6.07, 6.45) is 1.47. The van der Waals surface area contributed by atoms with Crippen LogP contribution in [0.25, 0.3) is 11.1 Å². The van der Waals surface area contributed by atoms with Gasteiger partial charge in [0.25, 0.3) is 0 Å². The number of carboxylic acids is 1. The minimum absolute atomic E-state index is 0.0841. The Bertz CT molecular complexity index is 1050. The zero-order valence-electron chi connectivity index (χ0n) is 19.8. The number of carboxylic acid groups (broad SMARTS) is 1. The van der Waals surface area contributed by atoms with E-state index in [9.17, 15) is 19.5 Å². The Hall–Kier alpha value is -3.35. The number of hydrogen-bond donors (Lipinski definition) is 3. The van der Waals surface area contributed by atoms with E-state index < -0.39 is 29.6 Å². The Kier molecular flexibility index (Phi) is 6.64. The molecule has 0 radical (unpaired) electrons. The third-order valence-corrected chi connectivity index (χ3v) is 7.33. The lowest BCUT2D eigenvalue weighted by Crippen LogP contribution is -2.60. The fourth-order valence-corrected chi connectivity index (χ4v) is 4.79. The lowest BCUT2D eigenvalue weighted by atomic mass is 9.93. The summed E-state index contributed by atoms with van der Waals surface area (Å²) in [6.45, 7) is 5.44. The first-order valence-electron chi connectivity index (χ1n) is 11.9. The second kappa shape index (κ2) is 9.49. The lowest BCUT2D eigenvalue weighted by Gasteiger charge is -2.30. The van der Waals surface area contributed by atoms with E-state index in [1.54, 1.807) is 0 Å². The second-order valence-corrected chi connectivity index (χ2v) is 9.60. The third-order valence-electron chi connectivity index (χ3n) is 7.33. The molecule has 7 nitrogen and oxygen atoms in total. The maximum absolute atomic E-state index is 13.1. The van der Waals surface area contributed by atoms with E-state index in [4.69, 9.17) is 4.74 Å². The molecule has 2 aliphatic rings. The maximum atomic E-state index is 13.1. The van der Waals surface area contributed by atoms with Crippen LogP contribution in [-0.4, -0.2) is 41.3 Å². The summed E-state index contributed by atoms with van der Waals surface area (Å²) >= 11 is 0. The van der Waals surface area contributed by atoms with Gasteiger partial charge in [-0.1, -0.05) is 68.8 Å². The maximum Gasteiger partial charge on any atom is 0.407 e. The molecule has 4 rings (SSSR count). The van der Waals surface area contributed by atoms with Crippen LogP contribution in [0.15, 0.2) is 48.5 Å². The number of hydrogen-bond acceptors (Lipinski definition) is 4. The first-order chi connectivity index (χ1) is 16.3. The van der Waals surface area contributed by atoms with Gasteiger partial charge in [0.1, 0.15) is 18.2 Å². The molecular formula is C27H32N2O5. The number of alkyl carbamates (subject to hydrolysis) is 1. The molecule has 2 aromatic rings. The average molecular weight is 465 g/mol.